The highest BCUT2D eigenvalue weighted by molar-refractivity contribution is 5.79. The summed E-state index contributed by atoms with van der Waals surface area (Å²) in [4.78, 5) is 24.7. The first kappa shape index (κ1) is 17.1. The number of carbonyl (C=O) groups excluding carboxylic acids is 1. The van der Waals surface area contributed by atoms with Crippen LogP contribution in [-0.2, 0) is 14.3 Å². The van der Waals surface area contributed by atoms with E-state index in [0.29, 0.717) is 31.3 Å². The van der Waals surface area contributed by atoms with Gasteiger partial charge in [-0.05, 0) is 19.1 Å². The van der Waals surface area contributed by atoms with Crippen LogP contribution in [0.25, 0.3) is 0 Å². The number of ether oxygens (including phenoxy) is 3. The third kappa shape index (κ3) is 4.85. The van der Waals surface area contributed by atoms with Gasteiger partial charge in [-0.15, -0.1) is 0 Å². The minimum absolute atomic E-state index is 0.138. The number of hydrogen-bond acceptors (Lipinski definition) is 5. The molecule has 1 atom stereocenters. The van der Waals surface area contributed by atoms with E-state index in [1.807, 2.05) is 13.0 Å². The van der Waals surface area contributed by atoms with Gasteiger partial charge >= 0.3 is 5.97 Å². The van der Waals surface area contributed by atoms with Crippen molar-refractivity contribution in [3.8, 4) is 11.5 Å². The van der Waals surface area contributed by atoms with E-state index in [0.717, 1.165) is 0 Å². The molecule has 2 rings (SSSR count). The molecule has 1 aromatic rings. The van der Waals surface area contributed by atoms with Crippen LogP contribution in [0.2, 0.25) is 0 Å². The summed E-state index contributed by atoms with van der Waals surface area (Å²) < 4.78 is 16.3. The second-order valence-corrected chi connectivity index (χ2v) is 5.08. The molecule has 1 fully saturated rings. The zero-order valence-electron chi connectivity index (χ0n) is 13.1. The smallest absolute Gasteiger partial charge is 0.305 e. The van der Waals surface area contributed by atoms with Crippen molar-refractivity contribution in [1.29, 1.82) is 0 Å². The number of benzene rings is 1. The molecule has 1 amide bonds. The van der Waals surface area contributed by atoms with Crippen molar-refractivity contribution < 1.29 is 28.9 Å². The van der Waals surface area contributed by atoms with Crippen molar-refractivity contribution in [3.05, 3.63) is 24.3 Å². The van der Waals surface area contributed by atoms with Gasteiger partial charge in [-0.1, -0.05) is 12.1 Å². The van der Waals surface area contributed by atoms with Crippen LogP contribution in [0.1, 0.15) is 13.3 Å². The molecule has 0 radical (unpaired) electrons. The normalized spacial score (nSPS) is 17.6. The number of hydrogen-bond donors (Lipinski definition) is 1. The number of amides is 1. The number of rotatable bonds is 7. The largest absolute Gasteiger partial charge is 0.490 e. The number of nitrogens with zero attached hydrogens (tertiary/aromatic N) is 1. The van der Waals surface area contributed by atoms with Gasteiger partial charge in [-0.2, -0.15) is 0 Å². The van der Waals surface area contributed by atoms with Crippen LogP contribution in [0, 0.1) is 0 Å². The SMILES string of the molecule is CCOc1ccccc1OCC(=O)N1CCOCC1CC(=O)O. The third-order valence-corrected chi connectivity index (χ3v) is 3.46. The number of para-hydroxylation sites is 2. The van der Waals surface area contributed by atoms with Gasteiger partial charge in [0.25, 0.3) is 5.91 Å². The van der Waals surface area contributed by atoms with E-state index in [9.17, 15) is 9.59 Å². The number of carboxylic acids is 1. The van der Waals surface area contributed by atoms with Gasteiger partial charge in [-0.3, -0.25) is 9.59 Å². The van der Waals surface area contributed by atoms with Crippen LogP contribution in [0.4, 0.5) is 0 Å². The van der Waals surface area contributed by atoms with Gasteiger partial charge in [0.2, 0.25) is 0 Å². The van der Waals surface area contributed by atoms with Crippen molar-refractivity contribution >= 4 is 11.9 Å². The molecule has 0 saturated carbocycles. The van der Waals surface area contributed by atoms with Gasteiger partial charge in [0.05, 0.1) is 32.3 Å². The van der Waals surface area contributed by atoms with E-state index < -0.39 is 12.0 Å². The monoisotopic (exact) mass is 323 g/mol. The molecule has 1 N–H and O–H groups in total. The molecule has 1 aromatic carbocycles. The molecule has 1 aliphatic heterocycles. The molecule has 126 valence electrons. The molecule has 1 saturated heterocycles. The van der Waals surface area contributed by atoms with Crippen LogP contribution < -0.4 is 9.47 Å². The molecule has 1 aliphatic rings. The molecule has 0 spiro atoms. The van der Waals surface area contributed by atoms with Gasteiger partial charge in [0.15, 0.2) is 18.1 Å². The molecular weight excluding hydrogens is 302 g/mol. The highest BCUT2D eigenvalue weighted by Crippen LogP contribution is 2.26. The lowest BCUT2D eigenvalue weighted by Crippen LogP contribution is -2.51. The standard InChI is InChI=1S/C16H21NO6/c1-2-22-13-5-3-4-6-14(13)23-11-15(18)17-7-8-21-10-12(17)9-16(19)20/h3-6,12H,2,7-11H2,1H3,(H,19,20). The molecule has 0 bridgehead atoms. The summed E-state index contributed by atoms with van der Waals surface area (Å²) in [5.41, 5.74) is 0. The first-order chi connectivity index (χ1) is 11.1. The van der Waals surface area contributed by atoms with Crippen molar-refractivity contribution in [2.24, 2.45) is 0 Å². The topological polar surface area (TPSA) is 85.3 Å². The summed E-state index contributed by atoms with van der Waals surface area (Å²) in [6.45, 7) is 3.20. The molecular formula is C16H21NO6. The third-order valence-electron chi connectivity index (χ3n) is 3.46. The Morgan fingerprint density at radius 2 is 2.00 bits per heavy atom. The quantitative estimate of drug-likeness (QED) is 0.810. The molecule has 7 heteroatoms. The number of carboxylic acid groups (broad SMARTS) is 1. The Morgan fingerprint density at radius 3 is 2.65 bits per heavy atom. The van der Waals surface area contributed by atoms with E-state index in [4.69, 9.17) is 19.3 Å². The fourth-order valence-electron chi connectivity index (χ4n) is 2.42. The Balaban J connectivity index is 1.96. The summed E-state index contributed by atoms with van der Waals surface area (Å²) in [5, 5.41) is 8.93. The maximum Gasteiger partial charge on any atom is 0.305 e. The Morgan fingerprint density at radius 1 is 1.30 bits per heavy atom. The van der Waals surface area contributed by atoms with Gasteiger partial charge in [-0.25, -0.2) is 0 Å². The minimum atomic E-state index is -0.957. The van der Waals surface area contributed by atoms with Crippen LogP contribution in [0.5, 0.6) is 11.5 Å². The van der Waals surface area contributed by atoms with Crippen LogP contribution in [0.3, 0.4) is 0 Å². The second-order valence-electron chi connectivity index (χ2n) is 5.08. The predicted molar refractivity (Wildman–Crippen MR) is 81.7 cm³/mol. The van der Waals surface area contributed by atoms with Gasteiger partial charge < -0.3 is 24.2 Å². The Bertz CT molecular complexity index is 547. The Hall–Kier alpha value is -2.28. The lowest BCUT2D eigenvalue weighted by atomic mass is 10.1. The number of carbonyl (C=O) groups is 2. The minimum Gasteiger partial charge on any atom is -0.490 e. The predicted octanol–water partition coefficient (Wildman–Crippen LogP) is 1.17. The van der Waals surface area contributed by atoms with E-state index >= 15 is 0 Å². The number of morpholine rings is 1. The van der Waals surface area contributed by atoms with Crippen molar-refractivity contribution in [2.75, 3.05) is 33.0 Å². The first-order valence-corrected chi connectivity index (χ1v) is 7.55. The molecule has 7 nitrogen and oxygen atoms in total. The second kappa shape index (κ2) is 8.38. The van der Waals surface area contributed by atoms with E-state index in [-0.39, 0.29) is 25.5 Å². The average Bonchev–Trinajstić information content (AvgIpc) is 2.54. The van der Waals surface area contributed by atoms with Crippen LogP contribution in [-0.4, -0.2) is 60.9 Å². The molecule has 1 unspecified atom stereocenters. The summed E-state index contributed by atoms with van der Waals surface area (Å²) in [6, 6.07) is 6.66. The fraction of sp³-hybridized carbons (Fsp3) is 0.500. The molecule has 0 aromatic heterocycles. The zero-order chi connectivity index (χ0) is 16.7. The number of aliphatic carboxylic acids is 1. The maximum atomic E-state index is 12.3. The van der Waals surface area contributed by atoms with E-state index in [1.165, 1.54) is 4.90 Å². The summed E-state index contributed by atoms with van der Waals surface area (Å²) in [7, 11) is 0. The zero-order valence-corrected chi connectivity index (χ0v) is 13.1. The van der Waals surface area contributed by atoms with Crippen LogP contribution >= 0.6 is 0 Å². The first-order valence-electron chi connectivity index (χ1n) is 7.55. The maximum absolute atomic E-state index is 12.3. The average molecular weight is 323 g/mol. The molecule has 23 heavy (non-hydrogen) atoms. The van der Waals surface area contributed by atoms with Crippen LogP contribution in [0.15, 0.2) is 24.3 Å². The highest BCUT2D eigenvalue weighted by Gasteiger charge is 2.29. The lowest BCUT2D eigenvalue weighted by molar-refractivity contribution is -0.147. The summed E-state index contributed by atoms with van der Waals surface area (Å²) in [6.07, 6.45) is -0.138. The molecule has 0 aliphatic carbocycles. The van der Waals surface area contributed by atoms with E-state index in [1.54, 1.807) is 18.2 Å². The Kier molecular flexibility index (Phi) is 6.22. The van der Waals surface area contributed by atoms with Crippen molar-refractivity contribution in [1.82, 2.24) is 4.90 Å². The Labute approximate surface area is 134 Å². The summed E-state index contributed by atoms with van der Waals surface area (Å²) >= 11 is 0. The van der Waals surface area contributed by atoms with Crippen molar-refractivity contribution in [3.63, 3.8) is 0 Å². The van der Waals surface area contributed by atoms with E-state index in [2.05, 4.69) is 0 Å². The highest BCUT2D eigenvalue weighted by atomic mass is 16.5. The lowest BCUT2D eigenvalue weighted by Gasteiger charge is -2.34. The van der Waals surface area contributed by atoms with Crippen molar-refractivity contribution in [2.45, 2.75) is 19.4 Å². The fourth-order valence-corrected chi connectivity index (χ4v) is 2.42. The van der Waals surface area contributed by atoms with Gasteiger partial charge in [0, 0.05) is 6.54 Å². The summed E-state index contributed by atoms with van der Waals surface area (Å²) in [5.74, 6) is -0.149. The van der Waals surface area contributed by atoms with Gasteiger partial charge in [0.1, 0.15) is 0 Å². The molecule has 1 heterocycles.